The van der Waals surface area contributed by atoms with E-state index in [1.165, 1.54) is 11.0 Å². The molecule has 0 bridgehead atoms. The zero-order chi connectivity index (χ0) is 23.4. The summed E-state index contributed by atoms with van der Waals surface area (Å²) >= 11 is 0. The number of para-hydroxylation sites is 2. The van der Waals surface area contributed by atoms with Crippen LogP contribution in [-0.4, -0.2) is 59.5 Å². The lowest BCUT2D eigenvalue weighted by atomic mass is 9.90. The number of aliphatic imine (C=N–C) groups is 1. The van der Waals surface area contributed by atoms with Crippen molar-refractivity contribution in [3.05, 3.63) is 47.3 Å². The predicted molar refractivity (Wildman–Crippen MR) is 122 cm³/mol. The monoisotopic (exact) mass is 436 g/mol. The van der Waals surface area contributed by atoms with E-state index in [-0.39, 0.29) is 29.9 Å². The van der Waals surface area contributed by atoms with E-state index in [1.54, 1.807) is 26.1 Å². The van der Waals surface area contributed by atoms with Crippen LogP contribution in [0.4, 0.5) is 11.4 Å². The number of allylic oxidation sites excluding steroid dienone is 1. The summed E-state index contributed by atoms with van der Waals surface area (Å²) in [5, 5.41) is 2.94. The Morgan fingerprint density at radius 3 is 2.62 bits per heavy atom. The zero-order valence-corrected chi connectivity index (χ0v) is 19.2. The number of benzene rings is 1. The summed E-state index contributed by atoms with van der Waals surface area (Å²) in [5.74, 6) is 0.0484. The van der Waals surface area contributed by atoms with Gasteiger partial charge in [0.2, 0.25) is 12.3 Å². The summed E-state index contributed by atoms with van der Waals surface area (Å²) in [6, 6.07) is 7.15. The summed E-state index contributed by atoms with van der Waals surface area (Å²) < 4.78 is 5.78. The molecule has 0 aliphatic carbocycles. The number of amides is 2. The molecule has 4 atom stereocenters. The molecule has 4 rings (SSSR count). The molecule has 168 valence electrons. The van der Waals surface area contributed by atoms with Crippen molar-refractivity contribution in [3.8, 4) is 0 Å². The first-order chi connectivity index (χ1) is 15.1. The predicted octanol–water partition coefficient (Wildman–Crippen LogP) is 2.48. The highest BCUT2D eigenvalue weighted by atomic mass is 16.6. The average molecular weight is 437 g/mol. The number of hydrogen-bond acceptors (Lipinski definition) is 6. The van der Waals surface area contributed by atoms with Gasteiger partial charge in [-0.3, -0.25) is 19.4 Å². The number of nitrogens with one attached hydrogen (secondary N) is 1. The van der Waals surface area contributed by atoms with E-state index in [2.05, 4.69) is 5.32 Å². The number of ether oxygens (including phenoxy) is 1. The standard InChI is InChI=1S/C24H28N4O4/c1-13(2)11-18(30)26-23-19(21(31)24(5)22-20(32-22)15(4)28(23)24)14(3)25-16-9-7-8-10-17(16)27(6)12-29/h7-12,15,20,22H,1-6H3,(H,26,30). The van der Waals surface area contributed by atoms with E-state index >= 15 is 0 Å². The number of fused-ring (bicyclic) bond motifs is 3. The van der Waals surface area contributed by atoms with E-state index in [4.69, 9.17) is 9.73 Å². The van der Waals surface area contributed by atoms with Crippen molar-refractivity contribution in [1.29, 1.82) is 0 Å². The van der Waals surface area contributed by atoms with Gasteiger partial charge in [-0.15, -0.1) is 0 Å². The molecule has 32 heavy (non-hydrogen) atoms. The number of rotatable bonds is 6. The van der Waals surface area contributed by atoms with Gasteiger partial charge in [-0.1, -0.05) is 17.7 Å². The Hall–Kier alpha value is -3.26. The molecule has 0 radical (unpaired) electrons. The average Bonchev–Trinajstić information content (AvgIpc) is 3.46. The van der Waals surface area contributed by atoms with Gasteiger partial charge in [0.15, 0.2) is 5.78 Å². The highest BCUT2D eigenvalue weighted by Gasteiger charge is 2.72. The van der Waals surface area contributed by atoms with Crippen molar-refractivity contribution < 1.29 is 19.1 Å². The SMILES string of the molecule is CC(C)=CC(=O)NC1=C(C(C)=Nc2ccccc2N(C)C=O)C(=O)C2(C)C3OC3C(C)N12. The van der Waals surface area contributed by atoms with Gasteiger partial charge in [-0.05, 0) is 46.8 Å². The second kappa shape index (κ2) is 7.70. The van der Waals surface area contributed by atoms with E-state index in [1.807, 2.05) is 44.7 Å². The van der Waals surface area contributed by atoms with Gasteiger partial charge in [-0.2, -0.15) is 0 Å². The smallest absolute Gasteiger partial charge is 0.249 e. The largest absolute Gasteiger partial charge is 0.364 e. The molecule has 0 aromatic heterocycles. The van der Waals surface area contributed by atoms with Gasteiger partial charge < -0.3 is 19.9 Å². The van der Waals surface area contributed by atoms with E-state index in [9.17, 15) is 14.4 Å². The first-order valence-corrected chi connectivity index (χ1v) is 10.6. The number of ketones is 1. The fourth-order valence-corrected chi connectivity index (χ4v) is 4.83. The van der Waals surface area contributed by atoms with Crippen molar-refractivity contribution >= 4 is 35.2 Å². The second-order valence-electron chi connectivity index (χ2n) is 8.95. The topological polar surface area (TPSA) is 94.6 Å². The van der Waals surface area contributed by atoms with Crippen LogP contribution in [0.15, 0.2) is 52.3 Å². The Kier molecular flexibility index (Phi) is 5.29. The van der Waals surface area contributed by atoms with E-state index in [0.717, 1.165) is 5.57 Å². The number of Topliss-reactive ketones (excluding diaryl/α,β-unsaturated/α-hetero) is 1. The van der Waals surface area contributed by atoms with E-state index < -0.39 is 5.54 Å². The molecule has 2 saturated heterocycles. The zero-order valence-electron chi connectivity index (χ0n) is 19.2. The lowest BCUT2D eigenvalue weighted by molar-refractivity contribution is -0.125. The third-order valence-electron chi connectivity index (χ3n) is 6.36. The minimum atomic E-state index is -0.886. The van der Waals surface area contributed by atoms with Crippen LogP contribution in [0.1, 0.15) is 34.6 Å². The van der Waals surface area contributed by atoms with Gasteiger partial charge in [0.05, 0.1) is 28.7 Å². The fourth-order valence-electron chi connectivity index (χ4n) is 4.83. The highest BCUT2D eigenvalue weighted by Crippen LogP contribution is 2.54. The Labute approximate surface area is 187 Å². The first kappa shape index (κ1) is 22.0. The molecular formula is C24H28N4O4. The summed E-state index contributed by atoms with van der Waals surface area (Å²) in [7, 11) is 1.64. The van der Waals surface area contributed by atoms with Crippen LogP contribution in [0.5, 0.6) is 0 Å². The number of carbonyl (C=O) groups is 3. The molecule has 1 aromatic rings. The molecule has 3 aliphatic rings. The summed E-state index contributed by atoms with van der Waals surface area (Å²) in [6.45, 7) is 9.30. The van der Waals surface area contributed by atoms with Gasteiger partial charge in [-0.25, -0.2) is 0 Å². The molecular weight excluding hydrogens is 408 g/mol. The molecule has 0 spiro atoms. The van der Waals surface area contributed by atoms with Gasteiger partial charge in [0.1, 0.15) is 23.6 Å². The van der Waals surface area contributed by atoms with Crippen molar-refractivity contribution in [2.45, 2.75) is 58.4 Å². The molecule has 1 aromatic carbocycles. The number of nitrogens with zero attached hydrogens (tertiary/aromatic N) is 3. The molecule has 2 fully saturated rings. The third kappa shape index (κ3) is 3.26. The lowest BCUT2D eigenvalue weighted by Crippen LogP contribution is -2.52. The summed E-state index contributed by atoms with van der Waals surface area (Å²) in [5.41, 5.74) is 1.98. The highest BCUT2D eigenvalue weighted by molar-refractivity contribution is 6.28. The van der Waals surface area contributed by atoms with Crippen LogP contribution < -0.4 is 10.2 Å². The number of hydrogen-bond donors (Lipinski definition) is 1. The lowest BCUT2D eigenvalue weighted by Gasteiger charge is -2.35. The van der Waals surface area contributed by atoms with Crippen LogP contribution in [0.2, 0.25) is 0 Å². The Morgan fingerprint density at radius 2 is 1.97 bits per heavy atom. The molecule has 3 aliphatic heterocycles. The normalized spacial score (nSPS) is 28.3. The molecule has 3 heterocycles. The third-order valence-corrected chi connectivity index (χ3v) is 6.36. The van der Waals surface area contributed by atoms with Crippen LogP contribution in [0, 0.1) is 0 Å². The van der Waals surface area contributed by atoms with Gasteiger partial charge in [0.25, 0.3) is 0 Å². The number of epoxide rings is 1. The minimum Gasteiger partial charge on any atom is -0.364 e. The quantitative estimate of drug-likeness (QED) is 0.320. The molecule has 8 nitrogen and oxygen atoms in total. The Morgan fingerprint density at radius 1 is 1.28 bits per heavy atom. The molecule has 1 N–H and O–H groups in total. The fraction of sp³-hybridized carbons (Fsp3) is 0.417. The molecule has 8 heteroatoms. The second-order valence-corrected chi connectivity index (χ2v) is 8.95. The van der Waals surface area contributed by atoms with Crippen LogP contribution >= 0.6 is 0 Å². The minimum absolute atomic E-state index is 0.0277. The van der Waals surface area contributed by atoms with Crippen molar-refractivity contribution in [1.82, 2.24) is 10.2 Å². The summed E-state index contributed by atoms with van der Waals surface area (Å²) in [6.07, 6.45) is 1.97. The van der Waals surface area contributed by atoms with Crippen molar-refractivity contribution in [2.24, 2.45) is 4.99 Å². The maximum atomic E-state index is 13.7. The van der Waals surface area contributed by atoms with Crippen LogP contribution in [0.25, 0.3) is 0 Å². The summed E-state index contributed by atoms with van der Waals surface area (Å²) in [4.78, 5) is 45.8. The molecule has 0 saturated carbocycles. The van der Waals surface area contributed by atoms with Gasteiger partial charge >= 0.3 is 0 Å². The van der Waals surface area contributed by atoms with E-state index in [0.29, 0.717) is 34.9 Å². The number of morpholine rings is 1. The maximum Gasteiger partial charge on any atom is 0.249 e. The first-order valence-electron chi connectivity index (χ1n) is 10.6. The Balaban J connectivity index is 1.82. The van der Waals surface area contributed by atoms with Gasteiger partial charge in [0, 0.05) is 13.1 Å². The maximum absolute atomic E-state index is 13.7. The Bertz CT molecular complexity index is 1100. The van der Waals surface area contributed by atoms with Crippen molar-refractivity contribution in [2.75, 3.05) is 11.9 Å². The van der Waals surface area contributed by atoms with Crippen LogP contribution in [-0.2, 0) is 19.1 Å². The molecule has 4 unspecified atom stereocenters. The van der Waals surface area contributed by atoms with Crippen LogP contribution in [0.3, 0.4) is 0 Å². The number of carbonyl (C=O) groups excluding carboxylic acids is 3. The number of anilines is 1. The molecule has 2 amide bonds. The van der Waals surface area contributed by atoms with Crippen molar-refractivity contribution in [3.63, 3.8) is 0 Å².